The summed E-state index contributed by atoms with van der Waals surface area (Å²) < 4.78 is 1.66. The molecule has 0 aliphatic carbocycles. The second kappa shape index (κ2) is 6.37. The van der Waals surface area contributed by atoms with Crippen molar-refractivity contribution in [1.82, 2.24) is 4.98 Å². The lowest BCUT2D eigenvalue weighted by Crippen LogP contribution is -2.13. The van der Waals surface area contributed by atoms with Crippen LogP contribution in [0.4, 0.5) is 11.5 Å². The second-order valence-electron chi connectivity index (χ2n) is 4.24. The van der Waals surface area contributed by atoms with Gasteiger partial charge in [-0.3, -0.25) is 4.79 Å². The third-order valence-electron chi connectivity index (χ3n) is 2.71. The number of carbonyl (C=O) groups excluding carboxylic acids is 1. The number of hydrogen-bond donors (Lipinski definition) is 2. The molecule has 0 saturated carbocycles. The Hall–Kier alpha value is -1.40. The first-order valence-corrected chi connectivity index (χ1v) is 7.50. The minimum absolute atomic E-state index is 0.203. The van der Waals surface area contributed by atoms with Gasteiger partial charge in [0.15, 0.2) is 0 Å². The molecular formula is C14H13Br2N3O. The van der Waals surface area contributed by atoms with E-state index in [0.717, 1.165) is 20.3 Å². The molecule has 0 aliphatic rings. The number of amides is 1. The maximum Gasteiger partial charge on any atom is 0.257 e. The Morgan fingerprint density at radius 1 is 1.20 bits per heavy atom. The zero-order valence-corrected chi connectivity index (χ0v) is 14.2. The molecule has 0 bridgehead atoms. The van der Waals surface area contributed by atoms with E-state index < -0.39 is 0 Å². The molecule has 20 heavy (non-hydrogen) atoms. The highest BCUT2D eigenvalue weighted by Crippen LogP contribution is 2.32. The van der Waals surface area contributed by atoms with Crippen molar-refractivity contribution in [3.63, 3.8) is 0 Å². The van der Waals surface area contributed by atoms with Crippen LogP contribution in [0.3, 0.4) is 0 Å². The molecule has 4 nitrogen and oxygen atoms in total. The fourth-order valence-electron chi connectivity index (χ4n) is 1.68. The van der Waals surface area contributed by atoms with E-state index >= 15 is 0 Å². The van der Waals surface area contributed by atoms with Crippen molar-refractivity contribution >= 4 is 49.3 Å². The van der Waals surface area contributed by atoms with Crippen LogP contribution in [0, 0.1) is 6.92 Å². The minimum Gasteiger partial charge on any atom is -0.373 e. The summed E-state index contributed by atoms with van der Waals surface area (Å²) >= 11 is 6.90. The molecule has 6 heteroatoms. The predicted molar refractivity (Wildman–Crippen MR) is 88.3 cm³/mol. The van der Waals surface area contributed by atoms with E-state index in [2.05, 4.69) is 47.5 Å². The van der Waals surface area contributed by atoms with Crippen LogP contribution in [0.15, 0.2) is 39.4 Å². The van der Waals surface area contributed by atoms with E-state index in [1.165, 1.54) is 6.20 Å². The molecular weight excluding hydrogens is 386 g/mol. The van der Waals surface area contributed by atoms with Gasteiger partial charge in [-0.25, -0.2) is 4.98 Å². The van der Waals surface area contributed by atoms with Crippen LogP contribution in [0.1, 0.15) is 15.9 Å². The fourth-order valence-corrected chi connectivity index (χ4v) is 3.29. The molecule has 0 aliphatic heterocycles. The van der Waals surface area contributed by atoms with Crippen LogP contribution < -0.4 is 10.6 Å². The molecule has 104 valence electrons. The van der Waals surface area contributed by atoms with Crippen LogP contribution in [0.2, 0.25) is 0 Å². The number of nitrogens with one attached hydrogen (secondary N) is 2. The molecule has 0 radical (unpaired) electrons. The summed E-state index contributed by atoms with van der Waals surface area (Å²) in [6.07, 6.45) is 1.54. The first-order valence-electron chi connectivity index (χ1n) is 5.92. The first-order chi connectivity index (χ1) is 9.51. The van der Waals surface area contributed by atoms with Crippen molar-refractivity contribution in [2.24, 2.45) is 0 Å². The third-order valence-corrected chi connectivity index (χ3v) is 3.96. The number of anilines is 2. The largest absolute Gasteiger partial charge is 0.373 e. The van der Waals surface area contributed by atoms with Gasteiger partial charge in [0.1, 0.15) is 5.82 Å². The Morgan fingerprint density at radius 3 is 2.35 bits per heavy atom. The van der Waals surface area contributed by atoms with Crippen molar-refractivity contribution in [3.05, 3.63) is 50.5 Å². The summed E-state index contributed by atoms with van der Waals surface area (Å²) in [7, 11) is 1.78. The average molecular weight is 399 g/mol. The summed E-state index contributed by atoms with van der Waals surface area (Å²) in [6, 6.07) is 7.38. The fraction of sp³-hybridized carbons (Fsp3) is 0.143. The van der Waals surface area contributed by atoms with Gasteiger partial charge in [0.2, 0.25) is 0 Å². The molecule has 1 amide bonds. The monoisotopic (exact) mass is 397 g/mol. The Bertz CT molecular complexity index is 618. The van der Waals surface area contributed by atoms with Crippen LogP contribution in [0.25, 0.3) is 0 Å². The topological polar surface area (TPSA) is 54.0 Å². The van der Waals surface area contributed by atoms with E-state index in [1.54, 1.807) is 19.2 Å². The number of pyridine rings is 1. The summed E-state index contributed by atoms with van der Waals surface area (Å²) in [5.74, 6) is 0.518. The van der Waals surface area contributed by atoms with Gasteiger partial charge in [-0.2, -0.15) is 0 Å². The number of aromatic nitrogens is 1. The molecule has 0 unspecified atom stereocenters. The average Bonchev–Trinajstić information content (AvgIpc) is 2.42. The van der Waals surface area contributed by atoms with E-state index in [4.69, 9.17) is 0 Å². The number of nitrogens with zero attached hydrogens (tertiary/aromatic N) is 1. The van der Waals surface area contributed by atoms with Crippen LogP contribution in [-0.2, 0) is 0 Å². The number of benzene rings is 1. The quantitative estimate of drug-likeness (QED) is 0.814. The second-order valence-corrected chi connectivity index (χ2v) is 5.95. The molecule has 0 fully saturated rings. The molecule has 0 spiro atoms. The van der Waals surface area contributed by atoms with Gasteiger partial charge in [-0.15, -0.1) is 0 Å². The number of aryl methyl sites for hydroxylation is 1. The van der Waals surface area contributed by atoms with Gasteiger partial charge in [-0.05, 0) is 68.6 Å². The summed E-state index contributed by atoms with van der Waals surface area (Å²) in [6.45, 7) is 1.99. The lowest BCUT2D eigenvalue weighted by atomic mass is 10.2. The molecule has 1 aromatic heterocycles. The van der Waals surface area contributed by atoms with Crippen molar-refractivity contribution < 1.29 is 4.79 Å². The maximum atomic E-state index is 12.2. The Morgan fingerprint density at radius 2 is 1.85 bits per heavy atom. The van der Waals surface area contributed by atoms with E-state index in [0.29, 0.717) is 11.3 Å². The van der Waals surface area contributed by atoms with Crippen molar-refractivity contribution in [2.45, 2.75) is 6.92 Å². The summed E-state index contributed by atoms with van der Waals surface area (Å²) in [5, 5.41) is 5.78. The van der Waals surface area contributed by atoms with Gasteiger partial charge < -0.3 is 10.6 Å². The molecule has 2 N–H and O–H groups in total. The summed E-state index contributed by atoms with van der Waals surface area (Å²) in [4.78, 5) is 16.3. The first kappa shape index (κ1) is 15.0. The molecule has 1 heterocycles. The van der Waals surface area contributed by atoms with Crippen LogP contribution in [0.5, 0.6) is 0 Å². The smallest absolute Gasteiger partial charge is 0.257 e. The maximum absolute atomic E-state index is 12.2. The minimum atomic E-state index is -0.203. The number of carbonyl (C=O) groups is 1. The van der Waals surface area contributed by atoms with Gasteiger partial charge in [0.25, 0.3) is 5.91 Å². The lowest BCUT2D eigenvalue weighted by Gasteiger charge is -2.11. The normalized spacial score (nSPS) is 10.2. The number of rotatable bonds is 3. The molecule has 0 atom stereocenters. The standard InChI is InChI=1S/C14H13Br2N3O/c1-8-5-10(15)13(11(16)6-8)19-14(20)9-3-4-12(17-2)18-7-9/h3-7H,1-2H3,(H,17,18)(H,19,20). The SMILES string of the molecule is CNc1ccc(C(=O)Nc2c(Br)cc(C)cc2Br)cn1. The Kier molecular flexibility index (Phi) is 4.77. The lowest BCUT2D eigenvalue weighted by molar-refractivity contribution is 0.102. The van der Waals surface area contributed by atoms with Gasteiger partial charge in [0, 0.05) is 22.2 Å². The van der Waals surface area contributed by atoms with Gasteiger partial charge >= 0.3 is 0 Å². The van der Waals surface area contributed by atoms with Gasteiger partial charge in [0.05, 0.1) is 11.3 Å². The van der Waals surface area contributed by atoms with Crippen LogP contribution >= 0.6 is 31.9 Å². The molecule has 0 saturated heterocycles. The third kappa shape index (κ3) is 3.37. The summed E-state index contributed by atoms with van der Waals surface area (Å²) in [5.41, 5.74) is 2.31. The van der Waals surface area contributed by atoms with E-state index in [9.17, 15) is 4.79 Å². The highest BCUT2D eigenvalue weighted by Gasteiger charge is 2.12. The zero-order chi connectivity index (χ0) is 14.7. The highest BCUT2D eigenvalue weighted by atomic mass is 79.9. The van der Waals surface area contributed by atoms with E-state index in [1.807, 2.05) is 19.1 Å². The van der Waals surface area contributed by atoms with Crippen molar-refractivity contribution in [2.75, 3.05) is 17.7 Å². The molecule has 2 aromatic rings. The number of hydrogen-bond acceptors (Lipinski definition) is 3. The van der Waals surface area contributed by atoms with Crippen molar-refractivity contribution in [3.8, 4) is 0 Å². The zero-order valence-electron chi connectivity index (χ0n) is 11.0. The molecule has 2 rings (SSSR count). The van der Waals surface area contributed by atoms with Crippen molar-refractivity contribution in [1.29, 1.82) is 0 Å². The molecule has 1 aromatic carbocycles. The van der Waals surface area contributed by atoms with E-state index in [-0.39, 0.29) is 5.91 Å². The van der Waals surface area contributed by atoms with Gasteiger partial charge in [-0.1, -0.05) is 0 Å². The number of halogens is 2. The predicted octanol–water partition coefficient (Wildman–Crippen LogP) is 4.21. The highest BCUT2D eigenvalue weighted by molar-refractivity contribution is 9.11. The van der Waals surface area contributed by atoms with Crippen LogP contribution in [-0.4, -0.2) is 17.9 Å². The Balaban J connectivity index is 2.23. The Labute approximate surface area is 134 Å².